The molecule has 0 saturated heterocycles. The van der Waals surface area contributed by atoms with Crippen LogP contribution in [-0.4, -0.2) is 44.8 Å². The number of hydrogen-bond donors (Lipinski definition) is 2. The Morgan fingerprint density at radius 1 is 1.07 bits per heavy atom. The van der Waals surface area contributed by atoms with Gasteiger partial charge in [0.1, 0.15) is 29.6 Å². The van der Waals surface area contributed by atoms with Crippen LogP contribution in [0.3, 0.4) is 0 Å². The molecule has 6 rings (SSSR count). The summed E-state index contributed by atoms with van der Waals surface area (Å²) in [5.74, 6) is -3.20. The van der Waals surface area contributed by atoms with Crippen molar-refractivity contribution >= 4 is 11.8 Å². The molecule has 0 saturated carbocycles. The smallest absolute Gasteiger partial charge is 0.278 e. The van der Waals surface area contributed by atoms with Gasteiger partial charge in [0, 0.05) is 43.5 Å². The van der Waals surface area contributed by atoms with Crippen LogP contribution in [-0.2, 0) is 26.1 Å². The number of halogens is 2. The Bertz CT molecular complexity index is 1760. The number of aromatic nitrogens is 2. The second-order valence-corrected chi connectivity index (χ2v) is 10.0. The molecule has 214 valence electrons. The number of nitrogens with one attached hydrogen (secondary N) is 1. The van der Waals surface area contributed by atoms with Gasteiger partial charge in [0.25, 0.3) is 11.8 Å². The third-order valence-electron chi connectivity index (χ3n) is 7.19. The zero-order chi connectivity index (χ0) is 29.4. The lowest BCUT2D eigenvalue weighted by Gasteiger charge is -2.39. The molecule has 0 spiro atoms. The molecule has 4 heterocycles. The molecule has 42 heavy (non-hydrogen) atoms. The molecule has 2 amide bonds. The molecule has 0 aliphatic carbocycles. The van der Waals surface area contributed by atoms with E-state index in [4.69, 9.17) is 4.74 Å². The van der Waals surface area contributed by atoms with E-state index in [1.807, 2.05) is 18.2 Å². The molecule has 0 unspecified atom stereocenters. The number of benzene rings is 2. The van der Waals surface area contributed by atoms with E-state index in [0.717, 1.165) is 29.4 Å². The zero-order valence-corrected chi connectivity index (χ0v) is 22.2. The van der Waals surface area contributed by atoms with Crippen LogP contribution in [0, 0.1) is 11.6 Å². The monoisotopic (exact) mass is 573 g/mol. The lowest BCUT2D eigenvalue weighted by atomic mass is 10.1. The van der Waals surface area contributed by atoms with Crippen molar-refractivity contribution in [2.75, 3.05) is 18.3 Å². The first-order valence-corrected chi connectivity index (χ1v) is 13.2. The number of nitrogens with zero attached hydrogens (tertiary/aromatic N) is 4. The number of carbonyl (C=O) groups excluding carboxylic acids is 2. The fourth-order valence-corrected chi connectivity index (χ4v) is 5.07. The van der Waals surface area contributed by atoms with E-state index in [-0.39, 0.29) is 37.6 Å². The van der Waals surface area contributed by atoms with Gasteiger partial charge in [-0.3, -0.25) is 29.1 Å². The van der Waals surface area contributed by atoms with Crippen LogP contribution in [0.2, 0.25) is 0 Å². The van der Waals surface area contributed by atoms with Crippen molar-refractivity contribution in [3.8, 4) is 11.5 Å². The van der Waals surface area contributed by atoms with Crippen molar-refractivity contribution in [1.29, 1.82) is 0 Å². The van der Waals surface area contributed by atoms with Crippen LogP contribution in [0.4, 0.5) is 8.78 Å². The molecule has 0 bridgehead atoms. The van der Waals surface area contributed by atoms with Crippen molar-refractivity contribution in [1.82, 2.24) is 19.9 Å². The molecule has 2 N–H and O–H groups in total. The maximum Gasteiger partial charge on any atom is 0.278 e. The number of rotatable bonds is 7. The number of hydrogen-bond acceptors (Lipinski definition) is 7. The maximum atomic E-state index is 14.1. The highest BCUT2D eigenvalue weighted by atomic mass is 19.1. The maximum absolute atomic E-state index is 14.1. The van der Waals surface area contributed by atoms with Gasteiger partial charge in [0.2, 0.25) is 5.43 Å². The summed E-state index contributed by atoms with van der Waals surface area (Å²) in [6, 6.07) is 14.0. The minimum absolute atomic E-state index is 0.00718. The lowest BCUT2D eigenvalue weighted by molar-refractivity contribution is 0.0668. The van der Waals surface area contributed by atoms with E-state index >= 15 is 0 Å². The number of amides is 2. The second kappa shape index (κ2) is 11.0. The SMILES string of the molecule is O=C(NCc1ccc(F)cc1F)c1cn2c(c(O)c1=O)C(=O)N(Cc1ccc3c(c1)CCO3)CN2Cc1ccccn1. The molecule has 10 nitrogen and oxygen atoms in total. The van der Waals surface area contributed by atoms with Crippen LogP contribution in [0.25, 0.3) is 0 Å². The summed E-state index contributed by atoms with van der Waals surface area (Å²) in [7, 11) is 0. The standard InChI is InChI=1S/C30H25F2N5O5/c31-21-6-5-20(24(32)12-21)13-34-29(40)23-16-37-26(28(39)27(23)38)30(41)35(17-36(37)15-22-3-1-2-9-33-22)14-18-4-7-25-19(11-18)8-10-42-25/h1-7,9,11-12,16,39H,8,10,13-15,17H2,(H,34,40). The van der Waals surface area contributed by atoms with Crippen LogP contribution in [0.1, 0.15) is 43.2 Å². The molecule has 2 aliphatic heterocycles. The highest BCUT2D eigenvalue weighted by molar-refractivity contribution is 5.99. The van der Waals surface area contributed by atoms with E-state index in [2.05, 4.69) is 10.3 Å². The molecule has 0 atom stereocenters. The highest BCUT2D eigenvalue weighted by Crippen LogP contribution is 2.28. The first kappa shape index (κ1) is 26.9. The Morgan fingerprint density at radius 3 is 2.71 bits per heavy atom. The van der Waals surface area contributed by atoms with Gasteiger partial charge in [0.05, 0.1) is 18.8 Å². The van der Waals surface area contributed by atoms with Gasteiger partial charge in [-0.2, -0.15) is 0 Å². The Hall–Kier alpha value is -5.26. The largest absolute Gasteiger partial charge is 0.502 e. The average Bonchev–Trinajstić information content (AvgIpc) is 3.45. The predicted molar refractivity (Wildman–Crippen MR) is 146 cm³/mol. The number of pyridine rings is 2. The molecule has 2 aliphatic rings. The van der Waals surface area contributed by atoms with E-state index in [9.17, 15) is 28.3 Å². The number of fused-ring (bicyclic) bond motifs is 2. The van der Waals surface area contributed by atoms with Gasteiger partial charge in [-0.05, 0) is 35.4 Å². The Labute approximate surface area is 238 Å². The molecule has 12 heteroatoms. The second-order valence-electron chi connectivity index (χ2n) is 10.0. The van der Waals surface area contributed by atoms with Crippen molar-refractivity contribution in [3.05, 3.63) is 122 Å². The van der Waals surface area contributed by atoms with Crippen molar-refractivity contribution in [2.24, 2.45) is 0 Å². The summed E-state index contributed by atoms with van der Waals surface area (Å²) in [5, 5.41) is 15.1. The fourth-order valence-electron chi connectivity index (χ4n) is 5.07. The van der Waals surface area contributed by atoms with Crippen molar-refractivity contribution in [3.63, 3.8) is 0 Å². The quantitative estimate of drug-likeness (QED) is 0.349. The lowest BCUT2D eigenvalue weighted by Crippen LogP contribution is -2.54. The summed E-state index contributed by atoms with van der Waals surface area (Å²) < 4.78 is 34.2. The van der Waals surface area contributed by atoms with Crippen LogP contribution in [0.5, 0.6) is 11.5 Å². The van der Waals surface area contributed by atoms with E-state index in [1.165, 1.54) is 21.8 Å². The van der Waals surface area contributed by atoms with Gasteiger partial charge < -0.3 is 20.1 Å². The summed E-state index contributed by atoms with van der Waals surface area (Å²) >= 11 is 0. The first-order valence-electron chi connectivity index (χ1n) is 13.2. The molecule has 0 fully saturated rings. The van der Waals surface area contributed by atoms with E-state index < -0.39 is 40.2 Å². The van der Waals surface area contributed by atoms with Gasteiger partial charge in [0.15, 0.2) is 11.4 Å². The zero-order valence-electron chi connectivity index (χ0n) is 22.2. The number of ether oxygens (including phenoxy) is 1. The van der Waals surface area contributed by atoms with Crippen LogP contribution in [0.15, 0.2) is 71.8 Å². The molecular weight excluding hydrogens is 548 g/mol. The third kappa shape index (κ3) is 5.14. The molecule has 4 aromatic rings. The Morgan fingerprint density at radius 2 is 1.93 bits per heavy atom. The van der Waals surface area contributed by atoms with E-state index in [0.29, 0.717) is 18.4 Å². The summed E-state index contributed by atoms with van der Waals surface area (Å²) in [4.78, 5) is 45.7. The van der Waals surface area contributed by atoms with Gasteiger partial charge in [-0.25, -0.2) is 8.78 Å². The average molecular weight is 574 g/mol. The Kier molecular flexibility index (Phi) is 7.03. The highest BCUT2D eigenvalue weighted by Gasteiger charge is 2.35. The van der Waals surface area contributed by atoms with Crippen LogP contribution < -0.4 is 20.5 Å². The molecular formula is C30H25F2N5O5. The third-order valence-corrected chi connectivity index (χ3v) is 7.19. The first-order chi connectivity index (χ1) is 20.3. The van der Waals surface area contributed by atoms with E-state index in [1.54, 1.807) is 29.4 Å². The minimum Gasteiger partial charge on any atom is -0.502 e. The fraction of sp³-hybridized carbons (Fsp3) is 0.200. The Balaban J connectivity index is 1.33. The summed E-state index contributed by atoms with van der Waals surface area (Å²) in [6.07, 6.45) is 3.56. The van der Waals surface area contributed by atoms with Crippen LogP contribution >= 0.6 is 0 Å². The van der Waals surface area contributed by atoms with Crippen molar-refractivity contribution < 1.29 is 28.2 Å². The molecule has 2 aromatic heterocycles. The summed E-state index contributed by atoms with van der Waals surface area (Å²) in [6.45, 7) is 0.700. The number of aromatic hydroxyl groups is 1. The van der Waals surface area contributed by atoms with Gasteiger partial charge in [-0.1, -0.05) is 24.3 Å². The normalized spacial score (nSPS) is 13.9. The van der Waals surface area contributed by atoms with Gasteiger partial charge in [-0.15, -0.1) is 0 Å². The molecule has 2 aromatic carbocycles. The predicted octanol–water partition coefficient (Wildman–Crippen LogP) is 2.84. The summed E-state index contributed by atoms with van der Waals surface area (Å²) in [5.41, 5.74) is 0.734. The topological polar surface area (TPSA) is 117 Å². The molecule has 0 radical (unpaired) electrons. The van der Waals surface area contributed by atoms with Gasteiger partial charge >= 0.3 is 0 Å². The number of carbonyl (C=O) groups is 2. The van der Waals surface area contributed by atoms with Crippen molar-refractivity contribution in [2.45, 2.75) is 26.1 Å². The minimum atomic E-state index is -1.05.